The maximum absolute atomic E-state index is 11.5. The fourth-order valence-corrected chi connectivity index (χ4v) is 1.86. The molecule has 0 aromatic rings. The Labute approximate surface area is 140 Å². The molecule has 0 spiro atoms. The first-order chi connectivity index (χ1) is 10.3. The van der Waals surface area contributed by atoms with Crippen LogP contribution in [0.3, 0.4) is 0 Å². The van der Waals surface area contributed by atoms with Crippen molar-refractivity contribution in [3.8, 4) is 0 Å². The van der Waals surface area contributed by atoms with Crippen molar-refractivity contribution >= 4 is 11.6 Å². The Morgan fingerprint density at radius 3 is 1.55 bits per heavy atom. The van der Waals surface area contributed by atoms with Crippen LogP contribution in [0.15, 0.2) is 72.2 Å². The Kier molecular flexibility index (Phi) is 7.97. The fraction of sp³-hybridized carbons (Fsp3) is 0.176. The van der Waals surface area contributed by atoms with E-state index in [9.17, 15) is 9.59 Å². The SMILES string of the molecule is O=C1C=CC=CC1=CNCCCNC=C1C=CC=CC1=O.[Cu]. The fourth-order valence-electron chi connectivity index (χ4n) is 1.86. The summed E-state index contributed by atoms with van der Waals surface area (Å²) >= 11 is 0. The van der Waals surface area contributed by atoms with Crippen LogP contribution < -0.4 is 10.6 Å². The summed E-state index contributed by atoms with van der Waals surface area (Å²) in [6, 6.07) is 0. The predicted octanol–water partition coefficient (Wildman–Crippen LogP) is 1.71. The molecule has 0 saturated carbocycles. The van der Waals surface area contributed by atoms with Gasteiger partial charge in [0.05, 0.1) is 0 Å². The van der Waals surface area contributed by atoms with E-state index in [1.165, 1.54) is 0 Å². The standard InChI is InChI=1S/C17H18N2O2.Cu/c20-16-8-3-1-6-14(16)12-18-10-5-11-19-13-15-7-2-4-9-17(15)21;/h1-4,6-9,12-13,18-19H,5,10-11H2;. The smallest absolute Gasteiger partial charge is 0.187 e. The zero-order chi connectivity index (χ0) is 14.9. The van der Waals surface area contributed by atoms with Crippen LogP contribution in [0.2, 0.25) is 0 Å². The molecule has 0 bridgehead atoms. The molecule has 0 aliphatic heterocycles. The van der Waals surface area contributed by atoms with E-state index < -0.39 is 0 Å². The third-order valence-corrected chi connectivity index (χ3v) is 3.00. The van der Waals surface area contributed by atoms with Crippen molar-refractivity contribution in [2.24, 2.45) is 0 Å². The largest absolute Gasteiger partial charge is 0.390 e. The van der Waals surface area contributed by atoms with E-state index in [4.69, 9.17) is 0 Å². The summed E-state index contributed by atoms with van der Waals surface area (Å²) in [7, 11) is 0. The zero-order valence-corrected chi connectivity index (χ0v) is 13.0. The van der Waals surface area contributed by atoms with Gasteiger partial charge in [-0.25, -0.2) is 0 Å². The number of carbonyl (C=O) groups excluding carboxylic acids is 2. The van der Waals surface area contributed by atoms with E-state index in [2.05, 4.69) is 10.6 Å². The summed E-state index contributed by atoms with van der Waals surface area (Å²) in [5, 5.41) is 6.22. The van der Waals surface area contributed by atoms with Crippen LogP contribution in [0, 0.1) is 0 Å². The molecule has 0 fully saturated rings. The number of ketones is 2. The molecule has 5 heteroatoms. The topological polar surface area (TPSA) is 58.2 Å². The minimum atomic E-state index is 0. The van der Waals surface area contributed by atoms with Gasteiger partial charge < -0.3 is 10.6 Å². The van der Waals surface area contributed by atoms with Gasteiger partial charge in [-0.15, -0.1) is 0 Å². The molecule has 0 amide bonds. The Morgan fingerprint density at radius 2 is 1.14 bits per heavy atom. The number of hydrogen-bond donors (Lipinski definition) is 2. The van der Waals surface area contributed by atoms with Crippen LogP contribution >= 0.6 is 0 Å². The van der Waals surface area contributed by atoms with Gasteiger partial charge in [0.1, 0.15) is 0 Å². The predicted molar refractivity (Wildman–Crippen MR) is 83.4 cm³/mol. The molecule has 4 nitrogen and oxygen atoms in total. The zero-order valence-electron chi connectivity index (χ0n) is 12.0. The minimum absolute atomic E-state index is 0. The second-order valence-electron chi connectivity index (χ2n) is 4.63. The van der Waals surface area contributed by atoms with E-state index in [1.54, 1.807) is 48.9 Å². The van der Waals surface area contributed by atoms with Crippen molar-refractivity contribution in [2.45, 2.75) is 6.42 Å². The Bertz CT molecular complexity index is 544. The van der Waals surface area contributed by atoms with Crippen molar-refractivity contribution in [3.05, 3.63) is 72.2 Å². The summed E-state index contributed by atoms with van der Waals surface area (Å²) in [6.45, 7) is 1.52. The first kappa shape index (κ1) is 17.9. The van der Waals surface area contributed by atoms with Gasteiger partial charge in [0, 0.05) is 53.7 Å². The van der Waals surface area contributed by atoms with Crippen LogP contribution in [-0.2, 0) is 26.7 Å². The van der Waals surface area contributed by atoms with Crippen molar-refractivity contribution < 1.29 is 26.7 Å². The van der Waals surface area contributed by atoms with Crippen LogP contribution in [0.1, 0.15) is 6.42 Å². The third kappa shape index (κ3) is 5.72. The number of allylic oxidation sites excluding steroid dienone is 10. The molecule has 0 aromatic carbocycles. The molecule has 1 radical (unpaired) electrons. The first-order valence-corrected chi connectivity index (χ1v) is 6.92. The van der Waals surface area contributed by atoms with E-state index in [0.29, 0.717) is 11.1 Å². The summed E-state index contributed by atoms with van der Waals surface area (Å²) in [5.41, 5.74) is 1.33. The summed E-state index contributed by atoms with van der Waals surface area (Å²) in [4.78, 5) is 22.9. The maximum atomic E-state index is 11.5. The Balaban J connectivity index is 0.00000242. The van der Waals surface area contributed by atoms with Crippen molar-refractivity contribution in [2.75, 3.05) is 13.1 Å². The molecule has 0 aromatic heterocycles. The van der Waals surface area contributed by atoms with Gasteiger partial charge in [-0.3, -0.25) is 9.59 Å². The monoisotopic (exact) mass is 345 g/mol. The van der Waals surface area contributed by atoms with Crippen LogP contribution in [-0.4, -0.2) is 24.7 Å². The number of carbonyl (C=O) groups is 2. The van der Waals surface area contributed by atoms with Crippen LogP contribution in [0.5, 0.6) is 0 Å². The van der Waals surface area contributed by atoms with E-state index >= 15 is 0 Å². The molecule has 119 valence electrons. The van der Waals surface area contributed by atoms with Gasteiger partial charge in [0.25, 0.3) is 0 Å². The molecule has 2 N–H and O–H groups in total. The summed E-state index contributed by atoms with van der Waals surface area (Å²) in [5.74, 6) is 0.0343. The molecule has 2 aliphatic rings. The molecule has 22 heavy (non-hydrogen) atoms. The Morgan fingerprint density at radius 1 is 0.727 bits per heavy atom. The first-order valence-electron chi connectivity index (χ1n) is 6.92. The Hall–Kier alpha value is -2.10. The maximum Gasteiger partial charge on any atom is 0.187 e. The van der Waals surface area contributed by atoms with Gasteiger partial charge in [-0.1, -0.05) is 24.3 Å². The van der Waals surface area contributed by atoms with Crippen molar-refractivity contribution in [1.29, 1.82) is 0 Å². The molecule has 2 aliphatic carbocycles. The van der Waals surface area contributed by atoms with Crippen LogP contribution in [0.4, 0.5) is 0 Å². The van der Waals surface area contributed by atoms with Gasteiger partial charge in [-0.05, 0) is 30.7 Å². The quantitative estimate of drug-likeness (QED) is 0.437. The van der Waals surface area contributed by atoms with Gasteiger partial charge in [-0.2, -0.15) is 0 Å². The van der Waals surface area contributed by atoms with E-state index in [0.717, 1.165) is 19.5 Å². The van der Waals surface area contributed by atoms with E-state index in [-0.39, 0.29) is 28.6 Å². The van der Waals surface area contributed by atoms with Crippen LogP contribution in [0.25, 0.3) is 0 Å². The molecule has 0 unspecified atom stereocenters. The molecular formula is C17H18CuN2O2. The third-order valence-electron chi connectivity index (χ3n) is 3.00. The van der Waals surface area contributed by atoms with Gasteiger partial charge >= 0.3 is 0 Å². The van der Waals surface area contributed by atoms with E-state index in [1.807, 2.05) is 12.2 Å². The molecular weight excluding hydrogens is 328 g/mol. The second kappa shape index (κ2) is 9.77. The molecule has 2 rings (SSSR count). The molecule has 0 atom stereocenters. The normalized spacial score (nSPS) is 19.6. The average Bonchev–Trinajstić information content (AvgIpc) is 2.50. The van der Waals surface area contributed by atoms with Crippen molar-refractivity contribution in [1.82, 2.24) is 10.6 Å². The average molecular weight is 346 g/mol. The summed E-state index contributed by atoms with van der Waals surface area (Å²) < 4.78 is 0. The molecule has 0 heterocycles. The van der Waals surface area contributed by atoms with Gasteiger partial charge in [0.2, 0.25) is 0 Å². The van der Waals surface area contributed by atoms with Crippen molar-refractivity contribution in [3.63, 3.8) is 0 Å². The minimum Gasteiger partial charge on any atom is -0.390 e. The molecule has 0 saturated heterocycles. The summed E-state index contributed by atoms with van der Waals surface area (Å²) in [6.07, 6.45) is 18.2. The second-order valence-corrected chi connectivity index (χ2v) is 4.63. The van der Waals surface area contributed by atoms with Gasteiger partial charge in [0.15, 0.2) is 11.6 Å². The number of rotatable bonds is 6. The number of hydrogen-bond acceptors (Lipinski definition) is 4. The number of nitrogens with one attached hydrogen (secondary N) is 2.